The monoisotopic (exact) mass is 292 g/mol. The average molecular weight is 292 g/mol. The maximum absolute atomic E-state index is 12.0. The first-order valence-electron chi connectivity index (χ1n) is 7.50. The predicted molar refractivity (Wildman–Crippen MR) is 87.5 cm³/mol. The minimum absolute atomic E-state index is 0.0138. The lowest BCUT2D eigenvalue weighted by Crippen LogP contribution is -2.49. The molecule has 21 heavy (non-hydrogen) atoms. The van der Waals surface area contributed by atoms with Crippen LogP contribution in [0.15, 0.2) is 30.3 Å². The summed E-state index contributed by atoms with van der Waals surface area (Å²) in [7, 11) is 0. The molecule has 1 rings (SSSR count). The van der Waals surface area contributed by atoms with E-state index in [0.29, 0.717) is 5.92 Å². The van der Waals surface area contributed by atoms with Crippen LogP contribution in [0.1, 0.15) is 41.5 Å². The van der Waals surface area contributed by atoms with Crippen molar-refractivity contribution >= 4 is 11.8 Å². The van der Waals surface area contributed by atoms with E-state index in [-0.39, 0.29) is 18.2 Å². The highest BCUT2D eigenvalue weighted by atomic mass is 16.6. The Morgan fingerprint density at radius 1 is 1.10 bits per heavy atom. The van der Waals surface area contributed by atoms with Crippen molar-refractivity contribution in [3.8, 4) is 0 Å². The van der Waals surface area contributed by atoms with Gasteiger partial charge in [-0.3, -0.25) is 0 Å². The summed E-state index contributed by atoms with van der Waals surface area (Å²) in [4.78, 5) is 12.0. The van der Waals surface area contributed by atoms with Crippen molar-refractivity contribution in [2.75, 3.05) is 5.32 Å². The molecule has 0 saturated carbocycles. The summed E-state index contributed by atoms with van der Waals surface area (Å²) in [6, 6.07) is 10.1. The zero-order valence-electron chi connectivity index (χ0n) is 13.9. The fraction of sp³-hybridized carbons (Fsp3) is 0.588. The van der Waals surface area contributed by atoms with Crippen LogP contribution in [-0.4, -0.2) is 23.8 Å². The molecule has 2 atom stereocenters. The molecule has 0 aliphatic heterocycles. The van der Waals surface area contributed by atoms with Crippen LogP contribution in [0.2, 0.25) is 0 Å². The van der Waals surface area contributed by atoms with Crippen molar-refractivity contribution in [1.82, 2.24) is 5.32 Å². The van der Waals surface area contributed by atoms with Crippen molar-refractivity contribution in [3.63, 3.8) is 0 Å². The number of hydrogen-bond acceptors (Lipinski definition) is 3. The minimum Gasteiger partial charge on any atom is -0.444 e. The highest BCUT2D eigenvalue weighted by Gasteiger charge is 2.25. The zero-order valence-corrected chi connectivity index (χ0v) is 13.9. The Morgan fingerprint density at radius 2 is 1.67 bits per heavy atom. The van der Waals surface area contributed by atoms with Gasteiger partial charge >= 0.3 is 6.09 Å². The topological polar surface area (TPSA) is 50.4 Å². The van der Waals surface area contributed by atoms with Crippen LogP contribution in [0.4, 0.5) is 10.5 Å². The highest BCUT2D eigenvalue weighted by molar-refractivity contribution is 5.68. The molecule has 2 N–H and O–H groups in total. The molecule has 0 aromatic heterocycles. The third-order valence-corrected chi connectivity index (χ3v) is 3.11. The number of nitrogens with one attached hydrogen (secondary N) is 2. The lowest BCUT2D eigenvalue weighted by atomic mass is 9.97. The number of rotatable bonds is 5. The summed E-state index contributed by atoms with van der Waals surface area (Å²) in [5, 5.41) is 6.39. The van der Waals surface area contributed by atoms with E-state index >= 15 is 0 Å². The van der Waals surface area contributed by atoms with Gasteiger partial charge in [-0.15, -0.1) is 0 Å². The van der Waals surface area contributed by atoms with Gasteiger partial charge < -0.3 is 15.4 Å². The van der Waals surface area contributed by atoms with Crippen LogP contribution >= 0.6 is 0 Å². The molecule has 4 heteroatoms. The third-order valence-electron chi connectivity index (χ3n) is 3.11. The Balaban J connectivity index is 2.66. The van der Waals surface area contributed by atoms with Crippen molar-refractivity contribution < 1.29 is 9.53 Å². The first kappa shape index (κ1) is 17.3. The number of carbonyl (C=O) groups is 1. The molecule has 4 nitrogen and oxygen atoms in total. The van der Waals surface area contributed by atoms with Crippen LogP contribution in [0.5, 0.6) is 0 Å². The van der Waals surface area contributed by atoms with Crippen LogP contribution in [0.3, 0.4) is 0 Å². The van der Waals surface area contributed by atoms with Gasteiger partial charge in [0.05, 0.1) is 6.04 Å². The van der Waals surface area contributed by atoms with Gasteiger partial charge in [0.1, 0.15) is 5.60 Å². The van der Waals surface area contributed by atoms with E-state index in [1.165, 1.54) is 0 Å². The molecule has 0 fully saturated rings. The molecule has 1 aromatic carbocycles. The molecule has 1 aromatic rings. The summed E-state index contributed by atoms with van der Waals surface area (Å²) in [5.74, 6) is 0.295. The summed E-state index contributed by atoms with van der Waals surface area (Å²) >= 11 is 0. The largest absolute Gasteiger partial charge is 0.444 e. The van der Waals surface area contributed by atoms with E-state index in [1.807, 2.05) is 51.1 Å². The van der Waals surface area contributed by atoms with Crippen molar-refractivity contribution in [3.05, 3.63) is 30.3 Å². The van der Waals surface area contributed by atoms with E-state index in [2.05, 4.69) is 31.4 Å². The number of anilines is 1. The van der Waals surface area contributed by atoms with Crippen molar-refractivity contribution in [1.29, 1.82) is 0 Å². The maximum Gasteiger partial charge on any atom is 0.407 e. The second-order valence-corrected chi connectivity index (χ2v) is 6.72. The highest BCUT2D eigenvalue weighted by Crippen LogP contribution is 2.15. The number of benzene rings is 1. The number of amides is 1. The fourth-order valence-corrected chi connectivity index (χ4v) is 2.20. The second kappa shape index (κ2) is 7.34. The summed E-state index contributed by atoms with van der Waals surface area (Å²) < 4.78 is 5.34. The molecule has 0 radical (unpaired) electrons. The summed E-state index contributed by atoms with van der Waals surface area (Å²) in [6.45, 7) is 11.8. The normalized spacial score (nSPS) is 14.4. The van der Waals surface area contributed by atoms with Gasteiger partial charge in [0.25, 0.3) is 0 Å². The molecule has 118 valence electrons. The molecule has 0 bridgehead atoms. The number of alkyl carbamates (subject to hydrolysis) is 1. The van der Waals surface area contributed by atoms with Crippen molar-refractivity contribution in [2.24, 2.45) is 5.92 Å². The van der Waals surface area contributed by atoms with E-state index in [0.717, 1.165) is 5.69 Å². The molecular formula is C17H28N2O2. The minimum atomic E-state index is -0.484. The number of ether oxygens (including phenoxy) is 1. The Bertz CT molecular complexity index is 438. The van der Waals surface area contributed by atoms with Crippen LogP contribution in [-0.2, 0) is 4.74 Å². The molecule has 1 amide bonds. The number of para-hydroxylation sites is 1. The summed E-state index contributed by atoms with van der Waals surface area (Å²) in [5.41, 5.74) is 0.559. The van der Waals surface area contributed by atoms with E-state index in [9.17, 15) is 4.79 Å². The molecule has 2 unspecified atom stereocenters. The lowest BCUT2D eigenvalue weighted by molar-refractivity contribution is 0.0485. The fourth-order valence-electron chi connectivity index (χ4n) is 2.20. The van der Waals surface area contributed by atoms with E-state index < -0.39 is 5.60 Å². The van der Waals surface area contributed by atoms with Gasteiger partial charge in [-0.1, -0.05) is 32.0 Å². The Kier molecular flexibility index (Phi) is 6.06. The van der Waals surface area contributed by atoms with Crippen LogP contribution in [0, 0.1) is 5.92 Å². The molecule has 0 saturated heterocycles. The first-order chi connectivity index (χ1) is 9.69. The molecule has 0 aliphatic rings. The van der Waals surface area contributed by atoms with E-state index in [1.54, 1.807) is 0 Å². The Labute approximate surface area is 128 Å². The molecular weight excluding hydrogens is 264 g/mol. The molecule has 0 heterocycles. The standard InChI is InChI=1S/C17H28N2O2/c1-12(2)15(19-16(20)21-17(4,5)6)13(3)18-14-10-8-7-9-11-14/h7-13,15,18H,1-6H3,(H,19,20). The van der Waals surface area contributed by atoms with Gasteiger partial charge in [0.2, 0.25) is 0 Å². The number of carbonyl (C=O) groups excluding carboxylic acids is 1. The second-order valence-electron chi connectivity index (χ2n) is 6.72. The summed E-state index contributed by atoms with van der Waals surface area (Å²) in [6.07, 6.45) is -0.372. The van der Waals surface area contributed by atoms with Crippen LogP contribution in [0.25, 0.3) is 0 Å². The Hall–Kier alpha value is -1.71. The quantitative estimate of drug-likeness (QED) is 0.861. The lowest BCUT2D eigenvalue weighted by Gasteiger charge is -2.31. The number of hydrogen-bond donors (Lipinski definition) is 2. The zero-order chi connectivity index (χ0) is 16.0. The van der Waals surface area contributed by atoms with Gasteiger partial charge in [-0.25, -0.2) is 4.79 Å². The Morgan fingerprint density at radius 3 is 2.14 bits per heavy atom. The maximum atomic E-state index is 12.0. The smallest absolute Gasteiger partial charge is 0.407 e. The van der Waals surface area contributed by atoms with Crippen LogP contribution < -0.4 is 10.6 Å². The predicted octanol–water partition coefficient (Wildman–Crippen LogP) is 4.04. The van der Waals surface area contributed by atoms with E-state index in [4.69, 9.17) is 4.74 Å². The molecule has 0 aliphatic carbocycles. The average Bonchev–Trinajstić information content (AvgIpc) is 2.34. The van der Waals surface area contributed by atoms with Gasteiger partial charge in [-0.05, 0) is 45.7 Å². The van der Waals surface area contributed by atoms with Gasteiger partial charge in [0, 0.05) is 11.7 Å². The molecule has 0 spiro atoms. The first-order valence-corrected chi connectivity index (χ1v) is 7.50. The SMILES string of the molecule is CC(C)C(NC(=O)OC(C)(C)C)C(C)Nc1ccccc1. The van der Waals surface area contributed by atoms with Crippen molar-refractivity contribution in [2.45, 2.75) is 59.2 Å². The van der Waals surface area contributed by atoms with Gasteiger partial charge in [0.15, 0.2) is 0 Å². The van der Waals surface area contributed by atoms with Gasteiger partial charge in [-0.2, -0.15) is 0 Å². The third kappa shape index (κ3) is 6.52.